The van der Waals surface area contributed by atoms with E-state index >= 15 is 0 Å². The molecule has 2 nitrogen and oxygen atoms in total. The Labute approximate surface area is 166 Å². The number of hydrogen-bond acceptors (Lipinski definition) is 2. The van der Waals surface area contributed by atoms with Crippen LogP contribution in [-0.4, -0.2) is 30.6 Å². The van der Waals surface area contributed by atoms with Crippen LogP contribution < -0.4 is 4.74 Å². The summed E-state index contributed by atoms with van der Waals surface area (Å²) in [6, 6.07) is 20.4. The smallest absolute Gasteiger partial charge is 0.119 e. The molecule has 3 fully saturated rings. The van der Waals surface area contributed by atoms with Gasteiger partial charge in [-0.15, -0.1) is 0 Å². The van der Waals surface area contributed by atoms with Gasteiger partial charge in [0.05, 0.1) is 0 Å². The molecule has 5 rings (SSSR count). The van der Waals surface area contributed by atoms with Crippen molar-refractivity contribution in [3.8, 4) is 5.75 Å². The lowest BCUT2D eigenvalue weighted by Gasteiger charge is -2.44. The highest BCUT2D eigenvalue weighted by Crippen LogP contribution is 2.30. The molecule has 3 heterocycles. The van der Waals surface area contributed by atoms with Crippen LogP contribution in [-0.2, 0) is 0 Å². The zero-order chi connectivity index (χ0) is 17.9. The average Bonchev–Trinajstić information content (AvgIpc) is 2.65. The summed E-state index contributed by atoms with van der Waals surface area (Å²) in [5.41, 5.74) is 0. The van der Waals surface area contributed by atoms with E-state index in [9.17, 15) is 0 Å². The molecular formula is C22H30INO. The van der Waals surface area contributed by atoms with Crippen LogP contribution in [0.2, 0.25) is 0 Å². The average molecular weight is 451 g/mol. The van der Waals surface area contributed by atoms with Crippen molar-refractivity contribution in [2.75, 3.05) is 19.6 Å². The van der Waals surface area contributed by atoms with E-state index in [1.54, 1.807) is 0 Å². The van der Waals surface area contributed by atoms with Crippen LogP contribution in [0.5, 0.6) is 5.75 Å². The normalized spacial score (nSPS) is 23.6. The highest BCUT2D eigenvalue weighted by Gasteiger charge is 2.35. The Kier molecular flexibility index (Phi) is 9.33. The third kappa shape index (κ3) is 7.37. The number of rotatable bonds is 2. The zero-order valence-corrected chi connectivity index (χ0v) is 17.6. The van der Waals surface area contributed by atoms with Gasteiger partial charge >= 0.3 is 0 Å². The summed E-state index contributed by atoms with van der Waals surface area (Å²) in [5, 5.41) is 0. The molecule has 1 atom stereocenters. The number of benzene rings is 2. The minimum Gasteiger partial charge on any atom is -0.489 e. The van der Waals surface area contributed by atoms with Gasteiger partial charge in [-0.25, -0.2) is 0 Å². The Bertz CT molecular complexity index is 567. The quantitative estimate of drug-likeness (QED) is 0.530. The molecule has 0 N–H and O–H groups in total. The van der Waals surface area contributed by atoms with Crippen LogP contribution in [0.15, 0.2) is 60.7 Å². The Morgan fingerprint density at radius 2 is 1.44 bits per heavy atom. The van der Waals surface area contributed by atoms with Crippen LogP contribution in [0.4, 0.5) is 0 Å². The van der Waals surface area contributed by atoms with E-state index in [0.717, 1.165) is 18.2 Å². The highest BCUT2D eigenvalue weighted by atomic mass is 127. The fraction of sp³-hybridized carbons (Fsp3) is 0.455. The SMILES string of the molecule is CCC.Ic1ccccc1.c1ccc(O[C@H]2CN3CCC2CC3)cc1. The van der Waals surface area contributed by atoms with Gasteiger partial charge in [0.15, 0.2) is 0 Å². The van der Waals surface area contributed by atoms with E-state index in [1.807, 2.05) is 36.4 Å². The standard InChI is InChI=1S/C13H17NO.C6H5I.C3H8/c1-2-4-12(5-3-1)15-13-10-14-8-6-11(13)7-9-14;7-6-4-2-1-3-5-6;1-3-2/h1-5,11,13H,6-10H2;1-5H;3H2,1-2H3/t13-;;/m0../s1. The van der Waals surface area contributed by atoms with E-state index in [2.05, 4.69) is 65.6 Å². The van der Waals surface area contributed by atoms with Gasteiger partial charge in [0, 0.05) is 10.1 Å². The van der Waals surface area contributed by atoms with Crippen LogP contribution >= 0.6 is 22.6 Å². The first-order chi connectivity index (χ1) is 12.2. The minimum atomic E-state index is 0.426. The maximum atomic E-state index is 6.05. The first-order valence-corrected chi connectivity index (χ1v) is 10.4. The van der Waals surface area contributed by atoms with Gasteiger partial charge in [-0.1, -0.05) is 56.7 Å². The van der Waals surface area contributed by atoms with E-state index in [-0.39, 0.29) is 0 Å². The summed E-state index contributed by atoms with van der Waals surface area (Å²) < 4.78 is 7.34. The van der Waals surface area contributed by atoms with Crippen LogP contribution in [0.3, 0.4) is 0 Å². The van der Waals surface area contributed by atoms with Crippen molar-refractivity contribution in [1.82, 2.24) is 4.90 Å². The molecule has 2 bridgehead atoms. The van der Waals surface area contributed by atoms with E-state index in [4.69, 9.17) is 4.74 Å². The monoisotopic (exact) mass is 451 g/mol. The predicted octanol–water partition coefficient (Wildman–Crippen LogP) is 5.87. The van der Waals surface area contributed by atoms with Crippen molar-refractivity contribution in [2.24, 2.45) is 5.92 Å². The lowest BCUT2D eigenvalue weighted by atomic mass is 9.86. The summed E-state index contributed by atoms with van der Waals surface area (Å²) in [7, 11) is 0. The molecule has 0 amide bonds. The summed E-state index contributed by atoms with van der Waals surface area (Å²) in [6.07, 6.45) is 4.31. The third-order valence-corrected chi connectivity index (χ3v) is 5.08. The zero-order valence-electron chi connectivity index (χ0n) is 15.4. The van der Waals surface area contributed by atoms with Crippen molar-refractivity contribution in [1.29, 1.82) is 0 Å². The molecule has 0 saturated carbocycles. The topological polar surface area (TPSA) is 12.5 Å². The van der Waals surface area contributed by atoms with Crippen molar-refractivity contribution in [3.05, 3.63) is 64.2 Å². The largest absolute Gasteiger partial charge is 0.489 e. The number of ether oxygens (including phenoxy) is 1. The van der Waals surface area contributed by atoms with Gasteiger partial charge in [-0.05, 0) is 78.7 Å². The Morgan fingerprint density at radius 3 is 1.84 bits per heavy atom. The second-order valence-corrected chi connectivity index (χ2v) is 7.86. The second-order valence-electron chi connectivity index (χ2n) is 6.61. The summed E-state index contributed by atoms with van der Waals surface area (Å²) in [6.45, 7) is 7.93. The lowest BCUT2D eigenvalue weighted by molar-refractivity contribution is -0.00775. The van der Waals surface area contributed by atoms with Gasteiger partial charge in [-0.2, -0.15) is 0 Å². The van der Waals surface area contributed by atoms with Crippen LogP contribution in [0, 0.1) is 9.49 Å². The van der Waals surface area contributed by atoms with E-state index < -0.39 is 0 Å². The number of para-hydroxylation sites is 1. The number of hydrogen-bond donors (Lipinski definition) is 0. The molecule has 136 valence electrons. The fourth-order valence-electron chi connectivity index (χ4n) is 3.13. The van der Waals surface area contributed by atoms with Crippen LogP contribution in [0.1, 0.15) is 33.1 Å². The number of fused-ring (bicyclic) bond motifs is 3. The molecule has 3 aliphatic heterocycles. The molecule has 0 spiro atoms. The van der Waals surface area contributed by atoms with Crippen molar-refractivity contribution in [2.45, 2.75) is 39.2 Å². The molecule has 25 heavy (non-hydrogen) atoms. The number of nitrogens with zero attached hydrogens (tertiary/aromatic N) is 1. The van der Waals surface area contributed by atoms with Gasteiger partial charge < -0.3 is 4.74 Å². The predicted molar refractivity (Wildman–Crippen MR) is 115 cm³/mol. The van der Waals surface area contributed by atoms with Crippen molar-refractivity contribution >= 4 is 22.6 Å². The molecule has 3 heteroatoms. The minimum absolute atomic E-state index is 0.426. The molecule has 3 saturated heterocycles. The Morgan fingerprint density at radius 1 is 0.920 bits per heavy atom. The molecule has 0 radical (unpaired) electrons. The van der Waals surface area contributed by atoms with Crippen molar-refractivity contribution in [3.63, 3.8) is 0 Å². The number of halogens is 1. The molecule has 0 aromatic heterocycles. The van der Waals surface area contributed by atoms with Gasteiger partial charge in [0.1, 0.15) is 11.9 Å². The molecule has 2 aromatic carbocycles. The maximum absolute atomic E-state index is 6.05. The Hall–Kier alpha value is -1.07. The van der Waals surface area contributed by atoms with Crippen molar-refractivity contribution < 1.29 is 4.74 Å². The molecule has 0 aliphatic carbocycles. The van der Waals surface area contributed by atoms with E-state index in [0.29, 0.717) is 6.10 Å². The first kappa shape index (κ1) is 20.2. The van der Waals surface area contributed by atoms with E-state index in [1.165, 1.54) is 35.9 Å². The second kappa shape index (κ2) is 11.5. The molecule has 0 unspecified atom stereocenters. The molecule has 3 aliphatic rings. The maximum Gasteiger partial charge on any atom is 0.119 e. The number of piperidine rings is 3. The Balaban J connectivity index is 0.000000189. The molecular weight excluding hydrogens is 421 g/mol. The highest BCUT2D eigenvalue weighted by molar-refractivity contribution is 14.1. The first-order valence-electron chi connectivity index (χ1n) is 9.37. The summed E-state index contributed by atoms with van der Waals surface area (Å²) in [5.74, 6) is 1.81. The molecule has 2 aromatic rings. The third-order valence-electron chi connectivity index (χ3n) is 4.36. The van der Waals surface area contributed by atoms with Gasteiger partial charge in [0.2, 0.25) is 0 Å². The summed E-state index contributed by atoms with van der Waals surface area (Å²) >= 11 is 2.28. The lowest BCUT2D eigenvalue weighted by Crippen LogP contribution is -2.52. The van der Waals surface area contributed by atoms with Crippen LogP contribution in [0.25, 0.3) is 0 Å². The summed E-state index contributed by atoms with van der Waals surface area (Å²) in [4.78, 5) is 2.52. The fourth-order valence-corrected chi connectivity index (χ4v) is 3.55. The van der Waals surface area contributed by atoms with Gasteiger partial charge in [0.25, 0.3) is 0 Å². The van der Waals surface area contributed by atoms with Gasteiger partial charge in [-0.3, -0.25) is 4.90 Å².